The van der Waals surface area contributed by atoms with Crippen molar-refractivity contribution in [1.29, 1.82) is 5.26 Å². The zero-order valence-corrected chi connectivity index (χ0v) is 9.59. The lowest BCUT2D eigenvalue weighted by Crippen LogP contribution is -2.33. The van der Waals surface area contributed by atoms with E-state index >= 15 is 0 Å². The molecule has 0 aliphatic rings. The predicted octanol–water partition coefficient (Wildman–Crippen LogP) is 0.923. The number of amides is 1. The molecule has 0 aromatic heterocycles. The molecule has 0 heterocycles. The number of carbonyl (C=O) groups excluding carboxylic acids is 1. The summed E-state index contributed by atoms with van der Waals surface area (Å²) in [6.07, 6.45) is 0. The third-order valence-electron chi connectivity index (χ3n) is 2.15. The summed E-state index contributed by atoms with van der Waals surface area (Å²) in [4.78, 5) is 11.1. The number of nitrogens with zero attached hydrogens (tertiary/aromatic N) is 1. The van der Waals surface area contributed by atoms with Crippen LogP contribution in [0.1, 0.15) is 18.1 Å². The van der Waals surface area contributed by atoms with Gasteiger partial charge in [-0.05, 0) is 25.1 Å². The van der Waals surface area contributed by atoms with Gasteiger partial charge in [-0.25, -0.2) is 4.39 Å². The van der Waals surface area contributed by atoms with Gasteiger partial charge in [0, 0.05) is 18.7 Å². The Morgan fingerprint density at radius 3 is 2.94 bits per heavy atom. The third kappa shape index (κ3) is 4.21. The highest BCUT2D eigenvalue weighted by Crippen LogP contribution is 2.09. The van der Waals surface area contributed by atoms with Crippen LogP contribution in [0, 0.1) is 17.1 Å². The molecular weight excluding hydrogens is 221 g/mol. The zero-order valence-electron chi connectivity index (χ0n) is 9.59. The van der Waals surface area contributed by atoms with Gasteiger partial charge < -0.3 is 10.6 Å². The van der Waals surface area contributed by atoms with Crippen LogP contribution in [0.3, 0.4) is 0 Å². The summed E-state index contributed by atoms with van der Waals surface area (Å²) in [6.45, 7) is 2.75. The van der Waals surface area contributed by atoms with E-state index < -0.39 is 0 Å². The summed E-state index contributed by atoms with van der Waals surface area (Å²) in [5, 5.41) is 14.1. The average Bonchev–Trinajstić information content (AvgIpc) is 2.32. The first-order chi connectivity index (χ1) is 8.17. The van der Waals surface area contributed by atoms with E-state index in [0.29, 0.717) is 17.7 Å². The van der Waals surface area contributed by atoms with Gasteiger partial charge in [-0.15, -0.1) is 0 Å². The first-order valence-corrected chi connectivity index (χ1v) is 5.33. The molecule has 0 bridgehead atoms. The van der Waals surface area contributed by atoms with E-state index in [1.807, 2.05) is 13.0 Å². The standard InChI is InChI=1S/C12H14FN3O/c1-2-16-12(17)8-15-7-10-5-9(6-14)3-4-11(10)13/h3-5,15H,2,7-8H2,1H3,(H,16,17). The molecule has 1 amide bonds. The van der Waals surface area contributed by atoms with Crippen LogP contribution in [0.4, 0.5) is 4.39 Å². The van der Waals surface area contributed by atoms with Crippen LogP contribution in [0.15, 0.2) is 18.2 Å². The number of hydrogen-bond donors (Lipinski definition) is 2. The molecule has 0 saturated carbocycles. The average molecular weight is 235 g/mol. The molecule has 0 saturated heterocycles. The Bertz CT molecular complexity index is 440. The molecule has 0 atom stereocenters. The van der Waals surface area contributed by atoms with Gasteiger partial charge in [-0.2, -0.15) is 5.26 Å². The molecule has 4 nitrogen and oxygen atoms in total. The summed E-state index contributed by atoms with van der Waals surface area (Å²) in [5.41, 5.74) is 0.787. The number of halogens is 1. The maximum atomic E-state index is 13.3. The molecule has 0 radical (unpaired) electrons. The minimum Gasteiger partial charge on any atom is -0.355 e. The van der Waals surface area contributed by atoms with Gasteiger partial charge in [0.1, 0.15) is 5.82 Å². The van der Waals surface area contributed by atoms with E-state index in [1.165, 1.54) is 18.2 Å². The normalized spacial score (nSPS) is 9.71. The Morgan fingerprint density at radius 2 is 2.29 bits per heavy atom. The van der Waals surface area contributed by atoms with Crippen molar-refractivity contribution >= 4 is 5.91 Å². The molecule has 1 rings (SSSR count). The van der Waals surface area contributed by atoms with Crippen molar-refractivity contribution in [3.8, 4) is 6.07 Å². The van der Waals surface area contributed by atoms with Crippen LogP contribution in [0.25, 0.3) is 0 Å². The van der Waals surface area contributed by atoms with Crippen molar-refractivity contribution < 1.29 is 9.18 Å². The second kappa shape index (κ2) is 6.61. The van der Waals surface area contributed by atoms with Gasteiger partial charge in [0.15, 0.2) is 0 Å². The van der Waals surface area contributed by atoms with Crippen LogP contribution in [0.5, 0.6) is 0 Å². The molecule has 2 N–H and O–H groups in total. The van der Waals surface area contributed by atoms with Crippen LogP contribution >= 0.6 is 0 Å². The van der Waals surface area contributed by atoms with Crippen molar-refractivity contribution in [1.82, 2.24) is 10.6 Å². The summed E-state index contributed by atoms with van der Waals surface area (Å²) in [7, 11) is 0. The topological polar surface area (TPSA) is 64.9 Å². The first-order valence-electron chi connectivity index (χ1n) is 5.33. The number of carbonyl (C=O) groups is 1. The third-order valence-corrected chi connectivity index (χ3v) is 2.15. The van der Waals surface area contributed by atoms with Gasteiger partial charge in [-0.1, -0.05) is 0 Å². The SMILES string of the molecule is CCNC(=O)CNCc1cc(C#N)ccc1F. The summed E-state index contributed by atoms with van der Waals surface area (Å²) < 4.78 is 13.3. The fourth-order valence-electron chi connectivity index (χ4n) is 1.35. The molecule has 17 heavy (non-hydrogen) atoms. The highest BCUT2D eigenvalue weighted by molar-refractivity contribution is 5.77. The van der Waals surface area contributed by atoms with Gasteiger partial charge in [-0.3, -0.25) is 4.79 Å². The number of benzene rings is 1. The molecule has 0 aliphatic heterocycles. The monoisotopic (exact) mass is 235 g/mol. The largest absolute Gasteiger partial charge is 0.355 e. The smallest absolute Gasteiger partial charge is 0.233 e. The van der Waals surface area contributed by atoms with Gasteiger partial charge in [0.2, 0.25) is 5.91 Å². The van der Waals surface area contributed by atoms with Gasteiger partial charge in [0.25, 0.3) is 0 Å². The fraction of sp³-hybridized carbons (Fsp3) is 0.333. The number of rotatable bonds is 5. The molecule has 0 spiro atoms. The zero-order chi connectivity index (χ0) is 12.7. The van der Waals surface area contributed by atoms with E-state index in [0.717, 1.165) is 0 Å². The minimum atomic E-state index is -0.382. The lowest BCUT2D eigenvalue weighted by molar-refractivity contribution is -0.120. The van der Waals surface area contributed by atoms with Gasteiger partial charge >= 0.3 is 0 Å². The Morgan fingerprint density at radius 1 is 1.53 bits per heavy atom. The fourth-order valence-corrected chi connectivity index (χ4v) is 1.35. The second-order valence-electron chi connectivity index (χ2n) is 3.48. The summed E-state index contributed by atoms with van der Waals surface area (Å²) in [6, 6.07) is 6.08. The minimum absolute atomic E-state index is 0.129. The number of likely N-dealkylation sites (N-methyl/N-ethyl adjacent to an activating group) is 1. The molecular formula is C12H14FN3O. The molecule has 0 aliphatic carbocycles. The molecule has 1 aromatic carbocycles. The molecule has 1 aromatic rings. The van der Waals surface area contributed by atoms with Crippen LogP contribution < -0.4 is 10.6 Å². The number of hydrogen-bond acceptors (Lipinski definition) is 3. The van der Waals surface area contributed by atoms with Crippen molar-refractivity contribution in [3.63, 3.8) is 0 Å². The van der Waals surface area contributed by atoms with E-state index in [4.69, 9.17) is 5.26 Å². The summed E-state index contributed by atoms with van der Waals surface area (Å²) in [5.74, 6) is -0.517. The molecule has 0 unspecified atom stereocenters. The highest BCUT2D eigenvalue weighted by atomic mass is 19.1. The summed E-state index contributed by atoms with van der Waals surface area (Å²) >= 11 is 0. The van der Waals surface area contributed by atoms with Crippen molar-refractivity contribution in [2.45, 2.75) is 13.5 Å². The maximum absolute atomic E-state index is 13.3. The van der Waals surface area contributed by atoms with E-state index in [-0.39, 0.29) is 24.8 Å². The van der Waals surface area contributed by atoms with Gasteiger partial charge in [0.05, 0.1) is 18.2 Å². The van der Waals surface area contributed by atoms with Crippen LogP contribution in [-0.2, 0) is 11.3 Å². The Hall–Kier alpha value is -1.93. The highest BCUT2D eigenvalue weighted by Gasteiger charge is 2.04. The quantitative estimate of drug-likeness (QED) is 0.797. The van der Waals surface area contributed by atoms with E-state index in [9.17, 15) is 9.18 Å². The predicted molar refractivity (Wildman–Crippen MR) is 61.5 cm³/mol. The van der Waals surface area contributed by atoms with Crippen molar-refractivity contribution in [3.05, 3.63) is 35.1 Å². The van der Waals surface area contributed by atoms with E-state index in [1.54, 1.807) is 0 Å². The van der Waals surface area contributed by atoms with Crippen molar-refractivity contribution in [2.24, 2.45) is 0 Å². The lowest BCUT2D eigenvalue weighted by atomic mass is 10.1. The maximum Gasteiger partial charge on any atom is 0.233 e. The first kappa shape index (κ1) is 13.1. The van der Waals surface area contributed by atoms with Crippen molar-refractivity contribution in [2.75, 3.05) is 13.1 Å². The Balaban J connectivity index is 2.52. The Labute approximate surface area is 99.4 Å². The Kier molecular flexibility index (Phi) is 5.11. The van der Waals surface area contributed by atoms with Crippen LogP contribution in [0.2, 0.25) is 0 Å². The van der Waals surface area contributed by atoms with Crippen LogP contribution in [-0.4, -0.2) is 19.0 Å². The molecule has 90 valence electrons. The molecule has 0 fully saturated rings. The molecule has 5 heteroatoms. The lowest BCUT2D eigenvalue weighted by Gasteiger charge is -2.06. The van der Waals surface area contributed by atoms with E-state index in [2.05, 4.69) is 10.6 Å². The second-order valence-corrected chi connectivity index (χ2v) is 3.48. The number of nitrogens with one attached hydrogen (secondary N) is 2. The number of nitriles is 1.